The molecule has 0 saturated carbocycles. The lowest BCUT2D eigenvalue weighted by Crippen LogP contribution is -2.18. The van der Waals surface area contributed by atoms with Crippen LogP contribution in [0.1, 0.15) is 15.9 Å². The highest BCUT2D eigenvalue weighted by Crippen LogP contribution is 2.33. The summed E-state index contributed by atoms with van der Waals surface area (Å²) in [5, 5.41) is 14.7. The van der Waals surface area contributed by atoms with Gasteiger partial charge in [-0.25, -0.2) is 10.2 Å². The average molecular weight is 447 g/mol. The van der Waals surface area contributed by atoms with Crippen LogP contribution in [-0.4, -0.2) is 36.9 Å². The van der Waals surface area contributed by atoms with Crippen molar-refractivity contribution in [2.45, 2.75) is 0 Å². The molecule has 0 heterocycles. The normalized spacial score (nSPS) is 10.9. The molecule has 0 saturated heterocycles. The molecule has 30 heavy (non-hydrogen) atoms. The number of carbonyl (C=O) groups is 2. The number of carboxylic acids is 1. The van der Waals surface area contributed by atoms with Gasteiger partial charge in [-0.2, -0.15) is 5.10 Å². The first-order valence-electron chi connectivity index (χ1n) is 8.63. The van der Waals surface area contributed by atoms with E-state index < -0.39 is 18.5 Å². The Morgan fingerprint density at radius 2 is 1.73 bits per heavy atom. The van der Waals surface area contributed by atoms with Gasteiger partial charge in [-0.3, -0.25) is 4.79 Å². The van der Waals surface area contributed by atoms with Crippen LogP contribution in [0, 0.1) is 0 Å². The summed E-state index contributed by atoms with van der Waals surface area (Å²) in [7, 11) is 1.49. The Hall–Kier alpha value is -3.29. The molecule has 0 atom stereocenters. The molecule has 0 aromatic heterocycles. The molecule has 0 aliphatic rings. The van der Waals surface area contributed by atoms with Gasteiger partial charge in [0.05, 0.1) is 28.9 Å². The average Bonchev–Trinajstić information content (AvgIpc) is 2.71. The second-order valence-corrected chi connectivity index (χ2v) is 6.91. The van der Waals surface area contributed by atoms with Crippen LogP contribution in [-0.2, 0) is 4.79 Å². The topological polar surface area (TPSA) is 97.2 Å². The number of nitrogens with zero attached hydrogens (tertiary/aromatic N) is 1. The van der Waals surface area contributed by atoms with E-state index in [4.69, 9.17) is 37.8 Å². The van der Waals surface area contributed by atoms with E-state index in [1.165, 1.54) is 25.5 Å². The molecule has 9 heteroatoms. The maximum atomic E-state index is 12.6. The van der Waals surface area contributed by atoms with Crippen molar-refractivity contribution in [3.63, 3.8) is 0 Å². The first-order chi connectivity index (χ1) is 14.4. The van der Waals surface area contributed by atoms with Crippen molar-refractivity contribution in [1.29, 1.82) is 0 Å². The van der Waals surface area contributed by atoms with Gasteiger partial charge in [-0.1, -0.05) is 47.5 Å². The van der Waals surface area contributed by atoms with Crippen molar-refractivity contribution in [1.82, 2.24) is 5.43 Å². The largest absolute Gasteiger partial charge is 0.496 e. The first-order valence-corrected chi connectivity index (χ1v) is 9.38. The number of benzene rings is 3. The summed E-state index contributed by atoms with van der Waals surface area (Å²) < 4.78 is 10.4. The highest BCUT2D eigenvalue weighted by Gasteiger charge is 2.14. The third-order valence-corrected chi connectivity index (χ3v) is 4.61. The minimum atomic E-state index is -1.15. The van der Waals surface area contributed by atoms with Gasteiger partial charge in [0.1, 0.15) is 5.75 Å². The zero-order valence-electron chi connectivity index (χ0n) is 15.7. The fourth-order valence-corrected chi connectivity index (χ4v) is 3.33. The van der Waals surface area contributed by atoms with Gasteiger partial charge in [0.25, 0.3) is 5.91 Å². The van der Waals surface area contributed by atoms with Crippen LogP contribution in [0.2, 0.25) is 10.0 Å². The number of hydrazone groups is 1. The Morgan fingerprint density at radius 3 is 2.33 bits per heavy atom. The lowest BCUT2D eigenvalue weighted by Gasteiger charge is -2.10. The van der Waals surface area contributed by atoms with E-state index in [1.54, 1.807) is 12.1 Å². The van der Waals surface area contributed by atoms with Crippen molar-refractivity contribution in [3.05, 3.63) is 69.7 Å². The highest BCUT2D eigenvalue weighted by molar-refractivity contribution is 6.37. The number of halogens is 2. The van der Waals surface area contributed by atoms with Crippen LogP contribution in [0.15, 0.2) is 53.6 Å². The van der Waals surface area contributed by atoms with Crippen LogP contribution >= 0.6 is 23.2 Å². The molecule has 3 rings (SSSR count). The van der Waals surface area contributed by atoms with Crippen molar-refractivity contribution in [3.8, 4) is 11.5 Å². The Morgan fingerprint density at radius 1 is 1.10 bits per heavy atom. The summed E-state index contributed by atoms with van der Waals surface area (Å²) >= 11 is 12.2. The molecule has 0 radical (unpaired) electrons. The number of methoxy groups -OCH3 is 1. The summed E-state index contributed by atoms with van der Waals surface area (Å²) in [6.07, 6.45) is 1.35. The van der Waals surface area contributed by atoms with E-state index in [0.717, 1.165) is 10.8 Å². The molecule has 0 bridgehead atoms. The van der Waals surface area contributed by atoms with E-state index in [1.807, 2.05) is 24.3 Å². The Bertz CT molecular complexity index is 1120. The van der Waals surface area contributed by atoms with Crippen molar-refractivity contribution >= 4 is 52.1 Å². The Kier molecular flexibility index (Phi) is 6.76. The number of amides is 1. The maximum absolute atomic E-state index is 12.6. The number of aliphatic carboxylic acids is 1. The summed E-state index contributed by atoms with van der Waals surface area (Å²) in [5.74, 6) is -1.12. The maximum Gasteiger partial charge on any atom is 0.341 e. The molecule has 2 N–H and O–H groups in total. The molecule has 7 nitrogen and oxygen atoms in total. The molecule has 154 valence electrons. The van der Waals surface area contributed by atoms with Gasteiger partial charge in [0.2, 0.25) is 0 Å². The second kappa shape index (κ2) is 9.47. The fourth-order valence-electron chi connectivity index (χ4n) is 2.72. The predicted octanol–water partition coefficient (Wildman–Crippen LogP) is 4.38. The number of rotatable bonds is 7. The van der Waals surface area contributed by atoms with Crippen LogP contribution in [0.4, 0.5) is 0 Å². The van der Waals surface area contributed by atoms with Crippen LogP contribution in [0.5, 0.6) is 11.5 Å². The molecule has 0 fully saturated rings. The number of fused-ring (bicyclic) bond motifs is 1. The third-order valence-electron chi connectivity index (χ3n) is 4.05. The number of hydrogen-bond donors (Lipinski definition) is 2. The lowest BCUT2D eigenvalue weighted by molar-refractivity contribution is -0.139. The SMILES string of the molecule is COc1cc2ccccc2cc1C(=O)NN=Cc1cc(Cl)c(OCC(=O)O)c(Cl)c1. The first kappa shape index (κ1) is 21.4. The quantitative estimate of drug-likeness (QED) is 0.414. The molecule has 0 aliphatic carbocycles. The van der Waals surface area contributed by atoms with Crippen LogP contribution in [0.3, 0.4) is 0 Å². The summed E-state index contributed by atoms with van der Waals surface area (Å²) in [6.45, 7) is -0.573. The molecule has 3 aromatic rings. The fraction of sp³-hybridized carbons (Fsp3) is 0.0952. The number of carboxylic acid groups (broad SMARTS) is 1. The minimum Gasteiger partial charge on any atom is -0.496 e. The van der Waals surface area contributed by atoms with Gasteiger partial charge in [-0.15, -0.1) is 0 Å². The highest BCUT2D eigenvalue weighted by atomic mass is 35.5. The van der Waals surface area contributed by atoms with Gasteiger partial charge < -0.3 is 14.6 Å². The minimum absolute atomic E-state index is 0.0582. The van der Waals surface area contributed by atoms with Crippen molar-refractivity contribution in [2.24, 2.45) is 5.10 Å². The summed E-state index contributed by atoms with van der Waals surface area (Å²) in [5.41, 5.74) is 3.26. The standard InChI is InChI=1S/C21H16Cl2N2O5/c1-29-18-9-14-5-3-2-4-13(14)8-15(18)21(28)25-24-10-12-6-16(22)20(17(23)7-12)30-11-19(26)27/h2-10H,11H2,1H3,(H,25,28)(H,26,27). The monoisotopic (exact) mass is 446 g/mol. The number of nitrogens with one attached hydrogen (secondary N) is 1. The van der Waals surface area contributed by atoms with Crippen molar-refractivity contribution < 1.29 is 24.2 Å². The number of carbonyl (C=O) groups excluding carboxylic acids is 1. The molecule has 3 aromatic carbocycles. The number of hydrogen-bond acceptors (Lipinski definition) is 5. The van der Waals surface area contributed by atoms with E-state index >= 15 is 0 Å². The van der Waals surface area contributed by atoms with Gasteiger partial charge in [-0.05, 0) is 40.6 Å². The zero-order valence-corrected chi connectivity index (χ0v) is 17.2. The Balaban J connectivity index is 1.76. The zero-order chi connectivity index (χ0) is 21.7. The van der Waals surface area contributed by atoms with E-state index in [0.29, 0.717) is 16.9 Å². The third kappa shape index (κ3) is 5.00. The van der Waals surface area contributed by atoms with Crippen LogP contribution in [0.25, 0.3) is 10.8 Å². The molecule has 0 spiro atoms. The van der Waals surface area contributed by atoms with Gasteiger partial charge in [0, 0.05) is 0 Å². The lowest BCUT2D eigenvalue weighted by atomic mass is 10.1. The summed E-state index contributed by atoms with van der Waals surface area (Å²) in [6, 6.07) is 14.1. The van der Waals surface area contributed by atoms with E-state index in [-0.39, 0.29) is 15.8 Å². The predicted molar refractivity (Wildman–Crippen MR) is 115 cm³/mol. The smallest absolute Gasteiger partial charge is 0.341 e. The summed E-state index contributed by atoms with van der Waals surface area (Å²) in [4.78, 5) is 23.2. The molecule has 0 unspecified atom stereocenters. The van der Waals surface area contributed by atoms with Crippen molar-refractivity contribution in [2.75, 3.05) is 13.7 Å². The number of ether oxygens (including phenoxy) is 2. The molecular weight excluding hydrogens is 431 g/mol. The van der Waals surface area contributed by atoms with E-state index in [2.05, 4.69) is 10.5 Å². The Labute approximate surface area is 181 Å². The van der Waals surface area contributed by atoms with Gasteiger partial charge in [0.15, 0.2) is 12.4 Å². The molecular formula is C21H16Cl2N2O5. The van der Waals surface area contributed by atoms with Gasteiger partial charge >= 0.3 is 5.97 Å². The second-order valence-electron chi connectivity index (χ2n) is 6.09. The molecule has 1 amide bonds. The molecule has 0 aliphatic heterocycles. The van der Waals surface area contributed by atoms with E-state index in [9.17, 15) is 9.59 Å². The van der Waals surface area contributed by atoms with Crippen LogP contribution < -0.4 is 14.9 Å².